The van der Waals surface area contributed by atoms with Gasteiger partial charge in [-0.3, -0.25) is 14.6 Å². The van der Waals surface area contributed by atoms with Gasteiger partial charge >= 0.3 is 12.1 Å². The zero-order chi connectivity index (χ0) is 40.6. The summed E-state index contributed by atoms with van der Waals surface area (Å²) in [6.07, 6.45) is 2.99. The van der Waals surface area contributed by atoms with Crippen molar-refractivity contribution in [3.63, 3.8) is 0 Å². The summed E-state index contributed by atoms with van der Waals surface area (Å²) in [6, 6.07) is 14.1. The third-order valence-corrected chi connectivity index (χ3v) is 11.1. The monoisotopic (exact) mass is 779 g/mol. The van der Waals surface area contributed by atoms with Crippen LogP contribution in [0.1, 0.15) is 65.5 Å². The van der Waals surface area contributed by atoms with Crippen molar-refractivity contribution in [1.82, 2.24) is 30.2 Å². The Kier molecular flexibility index (Phi) is 11.3. The number of nitrogens with zero attached hydrogens (tertiary/aromatic N) is 5. The number of phenols is 1. The smallest absolute Gasteiger partial charge is 0.408 e. The average molecular weight is 780 g/mol. The van der Waals surface area contributed by atoms with Gasteiger partial charge in [0.05, 0.1) is 12.3 Å². The number of hydrogen-bond acceptors (Lipinski definition) is 10. The Morgan fingerprint density at radius 1 is 1.02 bits per heavy atom. The third-order valence-electron chi connectivity index (χ3n) is 11.1. The molecule has 7 rings (SSSR count). The number of rotatable bonds is 4. The van der Waals surface area contributed by atoms with Crippen LogP contribution in [0.4, 0.5) is 10.6 Å². The Balaban J connectivity index is 1.34. The van der Waals surface area contributed by atoms with Gasteiger partial charge in [-0.25, -0.2) is 15.2 Å². The Hall–Kier alpha value is -5.14. The van der Waals surface area contributed by atoms with Crippen molar-refractivity contribution >= 4 is 34.7 Å². The number of esters is 1. The quantitative estimate of drug-likeness (QED) is 0.215. The molecule has 2 aromatic heterocycles. The Bertz CT molecular complexity index is 2130. The Labute approximate surface area is 335 Å². The van der Waals surface area contributed by atoms with Crippen molar-refractivity contribution in [3.05, 3.63) is 65.9 Å². The minimum absolute atomic E-state index is 0.0408. The van der Waals surface area contributed by atoms with Crippen molar-refractivity contribution in [1.29, 1.82) is 0 Å². The summed E-state index contributed by atoms with van der Waals surface area (Å²) in [5, 5.41) is 16.3. The van der Waals surface area contributed by atoms with Gasteiger partial charge in [0.15, 0.2) is 0 Å². The molecule has 304 valence electrons. The number of pyridine rings is 1. The Morgan fingerprint density at radius 2 is 1.77 bits per heavy atom. The normalized spacial score (nSPS) is 20.9. The minimum Gasteiger partial charge on any atom is -0.508 e. The van der Waals surface area contributed by atoms with Gasteiger partial charge in [0.25, 0.3) is 5.91 Å². The van der Waals surface area contributed by atoms with E-state index in [2.05, 4.69) is 83.3 Å². The number of hydrogen-bond donors (Lipinski definition) is 3. The number of nitrogens with one attached hydrogen (secondary N) is 2. The van der Waals surface area contributed by atoms with Crippen LogP contribution in [0, 0.1) is 5.41 Å². The number of cyclic esters (lactones) is 1. The summed E-state index contributed by atoms with van der Waals surface area (Å²) in [4.78, 5) is 50.5. The van der Waals surface area contributed by atoms with Gasteiger partial charge in [-0.2, -0.15) is 0 Å². The zero-order valence-corrected chi connectivity index (χ0v) is 34.4. The number of phenolic OH excluding ortho intramolecular Hbond substituents is 1. The first kappa shape index (κ1) is 40.1. The maximum absolute atomic E-state index is 14.1. The molecular weight excluding hydrogens is 723 g/mol. The molecule has 2 aromatic carbocycles. The molecule has 57 heavy (non-hydrogen) atoms. The van der Waals surface area contributed by atoms with Gasteiger partial charge in [-0.1, -0.05) is 26.0 Å². The molecule has 2 fully saturated rings. The van der Waals surface area contributed by atoms with Crippen molar-refractivity contribution in [2.24, 2.45) is 5.41 Å². The summed E-state index contributed by atoms with van der Waals surface area (Å²) in [5.74, 6) is 0.155. The van der Waals surface area contributed by atoms with Gasteiger partial charge in [0.1, 0.15) is 29.3 Å². The molecule has 0 aliphatic carbocycles. The highest BCUT2D eigenvalue weighted by atomic mass is 16.6. The number of piperazine rings is 1. The van der Waals surface area contributed by atoms with Gasteiger partial charge in [-0.15, -0.1) is 0 Å². The van der Waals surface area contributed by atoms with Crippen LogP contribution in [0.2, 0.25) is 0 Å². The van der Waals surface area contributed by atoms with E-state index in [9.17, 15) is 19.5 Å². The second-order valence-electron chi connectivity index (χ2n) is 17.6. The van der Waals surface area contributed by atoms with Gasteiger partial charge in [0.2, 0.25) is 0 Å². The third kappa shape index (κ3) is 9.05. The summed E-state index contributed by atoms with van der Waals surface area (Å²) < 4.78 is 13.9. The SMILES string of the molecule is CCn1c(-c2ccc(N3CCN(C)CC3)nc2)c2c3cc(ccc31)-c1cc(O)cc(c1)C[C@H](NC(=O)OC(C)(C)C)C(=O)N1CCC[C@H](N1)C(=O)OCC(C)(C)C2. The number of alkyl carbamates (subject to hydrolysis) is 1. The second-order valence-corrected chi connectivity index (χ2v) is 17.6. The minimum atomic E-state index is -1.05. The number of hydrazine groups is 1. The second kappa shape index (κ2) is 16.0. The number of aromatic hydroxyl groups is 1. The van der Waals surface area contributed by atoms with E-state index in [0.717, 1.165) is 77.4 Å². The van der Waals surface area contributed by atoms with E-state index >= 15 is 0 Å². The van der Waals surface area contributed by atoms with E-state index in [1.807, 2.05) is 12.3 Å². The van der Waals surface area contributed by atoms with Crippen molar-refractivity contribution < 1.29 is 29.0 Å². The van der Waals surface area contributed by atoms with Crippen molar-refractivity contribution in [2.75, 3.05) is 51.3 Å². The van der Waals surface area contributed by atoms with Gasteiger partial charge in [-0.05, 0) is 113 Å². The molecule has 2 atom stereocenters. The predicted molar refractivity (Wildman–Crippen MR) is 221 cm³/mol. The number of aryl methyl sites for hydroxylation is 1. The van der Waals surface area contributed by atoms with Crippen LogP contribution in [0.15, 0.2) is 54.7 Å². The van der Waals surface area contributed by atoms with Crippen molar-refractivity contribution in [2.45, 2.75) is 91.5 Å². The number of likely N-dealkylation sites (N-methyl/N-ethyl adjacent to an activating group) is 1. The largest absolute Gasteiger partial charge is 0.508 e. The van der Waals surface area contributed by atoms with Crippen LogP contribution in [0.5, 0.6) is 5.75 Å². The van der Waals surface area contributed by atoms with Crippen molar-refractivity contribution in [3.8, 4) is 28.1 Å². The molecule has 6 bridgehead atoms. The van der Waals surface area contributed by atoms with E-state index < -0.39 is 41.1 Å². The van der Waals surface area contributed by atoms with Crippen LogP contribution in [-0.2, 0) is 38.4 Å². The highest BCUT2D eigenvalue weighted by Crippen LogP contribution is 2.40. The molecule has 2 amide bonds. The van der Waals surface area contributed by atoms with Gasteiger partial charge in [0, 0.05) is 73.8 Å². The van der Waals surface area contributed by atoms with Crippen LogP contribution in [0.3, 0.4) is 0 Å². The highest BCUT2D eigenvalue weighted by molar-refractivity contribution is 5.95. The lowest BCUT2D eigenvalue weighted by molar-refractivity contribution is -0.155. The molecule has 0 saturated carbocycles. The lowest BCUT2D eigenvalue weighted by Gasteiger charge is -2.35. The van der Waals surface area contributed by atoms with E-state index in [-0.39, 0.29) is 18.8 Å². The molecule has 4 aromatic rings. The molecule has 5 heterocycles. The summed E-state index contributed by atoms with van der Waals surface area (Å²) in [6.45, 7) is 16.7. The molecule has 3 aliphatic heterocycles. The van der Waals surface area contributed by atoms with E-state index in [1.165, 1.54) is 5.01 Å². The lowest BCUT2D eigenvalue weighted by Crippen LogP contribution is -2.60. The zero-order valence-electron chi connectivity index (χ0n) is 34.4. The first-order valence-corrected chi connectivity index (χ1v) is 20.2. The van der Waals surface area contributed by atoms with Gasteiger partial charge < -0.3 is 34.3 Å². The van der Waals surface area contributed by atoms with E-state index in [0.29, 0.717) is 31.4 Å². The fourth-order valence-corrected chi connectivity index (χ4v) is 8.23. The maximum Gasteiger partial charge on any atom is 0.408 e. The number of aromatic nitrogens is 2. The number of fused-ring (bicyclic) bond motifs is 6. The predicted octanol–water partition coefficient (Wildman–Crippen LogP) is 5.90. The number of amides is 2. The lowest BCUT2D eigenvalue weighted by atomic mass is 9.84. The molecule has 0 unspecified atom stereocenters. The Morgan fingerprint density at radius 3 is 2.47 bits per heavy atom. The fraction of sp³-hybridized carbons (Fsp3) is 0.500. The molecule has 13 nitrogen and oxygen atoms in total. The highest BCUT2D eigenvalue weighted by Gasteiger charge is 2.36. The fourth-order valence-electron chi connectivity index (χ4n) is 8.23. The molecule has 0 radical (unpaired) electrons. The molecule has 3 N–H and O–H groups in total. The number of carbonyl (C=O) groups excluding carboxylic acids is 3. The van der Waals surface area contributed by atoms with E-state index in [4.69, 9.17) is 14.5 Å². The van der Waals surface area contributed by atoms with Crippen LogP contribution < -0.4 is 15.6 Å². The number of carbonyl (C=O) groups is 3. The molecule has 3 aliphatic rings. The number of benzene rings is 2. The van der Waals surface area contributed by atoms with Crippen LogP contribution >= 0.6 is 0 Å². The molecular formula is C44H57N7O6. The number of anilines is 1. The number of ether oxygens (including phenoxy) is 2. The summed E-state index contributed by atoms with van der Waals surface area (Å²) >= 11 is 0. The molecule has 0 spiro atoms. The van der Waals surface area contributed by atoms with Crippen LogP contribution in [-0.4, -0.2) is 107 Å². The summed E-state index contributed by atoms with van der Waals surface area (Å²) in [5.41, 5.74) is 8.42. The average Bonchev–Trinajstić information content (AvgIpc) is 3.47. The maximum atomic E-state index is 14.1. The standard InChI is InChI=1S/C44H57N7O6/c1-8-50-37-13-11-29-24-33(37)34(39(50)30-12-14-38(45-26-30)49-18-16-48(7)17-19-49)25-44(5,6)27-56-41(54)35-10-9-15-51(47-35)40(53)36(46-42(55)57-43(2,3)4)22-28-20-31(29)23-32(52)21-28/h11-14,20-21,23-24,26,35-36,47,52H,8-10,15-19,22,25,27H2,1-7H3,(H,46,55)/t35-,36-/m0/s1. The first-order valence-electron chi connectivity index (χ1n) is 20.2. The molecule has 2 saturated heterocycles. The first-order chi connectivity index (χ1) is 27.1. The topological polar surface area (TPSA) is 142 Å². The molecule has 13 heteroatoms. The van der Waals surface area contributed by atoms with E-state index in [1.54, 1.807) is 32.9 Å². The summed E-state index contributed by atoms with van der Waals surface area (Å²) in [7, 11) is 2.15. The van der Waals surface area contributed by atoms with Crippen LogP contribution in [0.25, 0.3) is 33.3 Å².